The van der Waals surface area contributed by atoms with Crippen LogP contribution in [0.3, 0.4) is 0 Å². The van der Waals surface area contributed by atoms with Gasteiger partial charge >= 0.3 is 5.97 Å². The van der Waals surface area contributed by atoms with Crippen molar-refractivity contribution in [3.63, 3.8) is 0 Å². The van der Waals surface area contributed by atoms with Crippen molar-refractivity contribution in [2.75, 3.05) is 32.6 Å². The van der Waals surface area contributed by atoms with Gasteiger partial charge in [-0.05, 0) is 6.42 Å². The topological polar surface area (TPSA) is 99.7 Å². The second-order valence-electron chi connectivity index (χ2n) is 4.80. The Morgan fingerprint density at radius 3 is 2.81 bits per heavy atom. The third-order valence-corrected chi connectivity index (χ3v) is 3.56. The summed E-state index contributed by atoms with van der Waals surface area (Å²) in [6.45, 7) is 2.72. The molecule has 116 valence electrons. The van der Waals surface area contributed by atoms with Crippen LogP contribution in [0.1, 0.15) is 23.1 Å². The lowest BCUT2D eigenvalue weighted by atomic mass is 10.1. The molecule has 8 nitrogen and oxygen atoms in total. The van der Waals surface area contributed by atoms with Crippen molar-refractivity contribution >= 4 is 17.6 Å². The Labute approximate surface area is 122 Å². The molecule has 2 rings (SSSR count). The number of rotatable bonds is 3. The van der Waals surface area contributed by atoms with Crippen molar-refractivity contribution in [1.29, 1.82) is 0 Å². The Kier molecular flexibility index (Phi) is 4.46. The molecule has 1 saturated heterocycles. The van der Waals surface area contributed by atoms with Crippen LogP contribution in [-0.2, 0) is 27.7 Å². The number of anilines is 1. The van der Waals surface area contributed by atoms with Gasteiger partial charge in [0.05, 0.1) is 31.7 Å². The highest BCUT2D eigenvalue weighted by atomic mass is 16.5. The molecule has 1 aliphatic rings. The van der Waals surface area contributed by atoms with Crippen molar-refractivity contribution in [1.82, 2.24) is 14.7 Å². The molecule has 21 heavy (non-hydrogen) atoms. The summed E-state index contributed by atoms with van der Waals surface area (Å²) >= 11 is 0. The fourth-order valence-electron chi connectivity index (χ4n) is 2.42. The van der Waals surface area contributed by atoms with E-state index in [9.17, 15) is 9.59 Å². The van der Waals surface area contributed by atoms with Crippen molar-refractivity contribution in [2.45, 2.75) is 19.4 Å². The van der Waals surface area contributed by atoms with Crippen molar-refractivity contribution in [2.24, 2.45) is 7.05 Å². The van der Waals surface area contributed by atoms with Gasteiger partial charge in [-0.1, -0.05) is 6.92 Å². The van der Waals surface area contributed by atoms with E-state index in [0.717, 1.165) is 0 Å². The van der Waals surface area contributed by atoms with Gasteiger partial charge in [-0.25, -0.2) is 4.79 Å². The number of carbonyl (C=O) groups excluding carboxylic acids is 2. The fourth-order valence-corrected chi connectivity index (χ4v) is 2.42. The molecule has 0 aromatic carbocycles. The van der Waals surface area contributed by atoms with Crippen LogP contribution in [0.2, 0.25) is 0 Å². The molecule has 0 saturated carbocycles. The van der Waals surface area contributed by atoms with E-state index < -0.39 is 12.0 Å². The van der Waals surface area contributed by atoms with Gasteiger partial charge in [-0.15, -0.1) is 0 Å². The number of aromatic nitrogens is 2. The molecule has 1 aromatic rings. The highest BCUT2D eigenvalue weighted by molar-refractivity contribution is 6.00. The van der Waals surface area contributed by atoms with E-state index in [1.54, 1.807) is 7.05 Å². The standard InChI is InChI=1S/C13H20N4O4/c1-4-8-10(14)11(16(2)15-8)12(18)17-5-6-21-7-9(17)13(19)20-3/h9H,4-7,14H2,1-3H3. The van der Waals surface area contributed by atoms with Crippen LogP contribution in [-0.4, -0.2) is 59.5 Å². The number of nitrogens with two attached hydrogens (primary N) is 1. The number of hydrogen-bond donors (Lipinski definition) is 1. The summed E-state index contributed by atoms with van der Waals surface area (Å²) in [6, 6.07) is -0.754. The minimum atomic E-state index is -0.754. The maximum absolute atomic E-state index is 12.7. The number of methoxy groups -OCH3 is 1. The minimum absolute atomic E-state index is 0.122. The molecule has 1 amide bonds. The second-order valence-corrected chi connectivity index (χ2v) is 4.80. The molecule has 0 aliphatic carbocycles. The molecule has 0 spiro atoms. The first-order valence-electron chi connectivity index (χ1n) is 6.79. The number of nitrogens with zero attached hydrogens (tertiary/aromatic N) is 3. The Morgan fingerprint density at radius 2 is 2.24 bits per heavy atom. The zero-order valence-electron chi connectivity index (χ0n) is 12.5. The molecule has 2 heterocycles. The van der Waals surface area contributed by atoms with Crippen molar-refractivity contribution in [3.05, 3.63) is 11.4 Å². The predicted octanol–water partition coefficient (Wildman–Crippen LogP) is -0.421. The summed E-state index contributed by atoms with van der Waals surface area (Å²) in [7, 11) is 2.95. The SMILES string of the molecule is CCc1nn(C)c(C(=O)N2CCOCC2C(=O)OC)c1N. The number of nitrogen functional groups attached to an aromatic ring is 1. The lowest BCUT2D eigenvalue weighted by Crippen LogP contribution is -2.53. The maximum atomic E-state index is 12.7. The monoisotopic (exact) mass is 296 g/mol. The van der Waals surface area contributed by atoms with Gasteiger partial charge in [0.2, 0.25) is 0 Å². The largest absolute Gasteiger partial charge is 0.467 e. The zero-order valence-corrected chi connectivity index (χ0v) is 12.5. The first kappa shape index (κ1) is 15.3. The minimum Gasteiger partial charge on any atom is -0.467 e. The van der Waals surface area contributed by atoms with Crippen LogP contribution < -0.4 is 5.73 Å². The Bertz CT molecular complexity index is 555. The lowest BCUT2D eigenvalue weighted by Gasteiger charge is -2.33. The van der Waals surface area contributed by atoms with Gasteiger partial charge in [0.15, 0.2) is 6.04 Å². The summed E-state index contributed by atoms with van der Waals surface area (Å²) in [5.41, 5.74) is 7.32. The second kappa shape index (κ2) is 6.13. The third kappa shape index (κ3) is 2.71. The Balaban J connectivity index is 2.33. The predicted molar refractivity (Wildman–Crippen MR) is 74.7 cm³/mol. The fraction of sp³-hybridized carbons (Fsp3) is 0.615. The van der Waals surface area contributed by atoms with Gasteiger partial charge in [0.1, 0.15) is 5.69 Å². The van der Waals surface area contributed by atoms with E-state index in [4.69, 9.17) is 15.2 Å². The number of carbonyl (C=O) groups is 2. The summed E-state index contributed by atoms with van der Waals surface area (Å²) < 4.78 is 11.4. The normalized spacial score (nSPS) is 18.6. The molecule has 1 aliphatic heterocycles. The van der Waals surface area contributed by atoms with Crippen molar-refractivity contribution in [3.8, 4) is 0 Å². The summed E-state index contributed by atoms with van der Waals surface area (Å²) in [6.07, 6.45) is 0.635. The van der Waals surface area contributed by atoms with Crippen LogP contribution >= 0.6 is 0 Å². The first-order chi connectivity index (χ1) is 10.0. The molecule has 1 atom stereocenters. The van der Waals surface area contributed by atoms with Crippen LogP contribution in [0, 0.1) is 0 Å². The Morgan fingerprint density at radius 1 is 1.52 bits per heavy atom. The smallest absolute Gasteiger partial charge is 0.331 e. The van der Waals surface area contributed by atoms with Gasteiger partial charge in [-0.2, -0.15) is 5.10 Å². The average molecular weight is 296 g/mol. The van der Waals surface area contributed by atoms with Gasteiger partial charge in [0, 0.05) is 13.6 Å². The average Bonchev–Trinajstić information content (AvgIpc) is 2.80. The third-order valence-electron chi connectivity index (χ3n) is 3.56. The zero-order chi connectivity index (χ0) is 15.6. The molecular weight excluding hydrogens is 276 g/mol. The maximum Gasteiger partial charge on any atom is 0.331 e. The number of hydrogen-bond acceptors (Lipinski definition) is 6. The lowest BCUT2D eigenvalue weighted by molar-refractivity contribution is -0.151. The number of esters is 1. The van der Waals surface area contributed by atoms with Crippen LogP contribution in [0.25, 0.3) is 0 Å². The van der Waals surface area contributed by atoms with E-state index in [-0.39, 0.29) is 12.5 Å². The highest BCUT2D eigenvalue weighted by Gasteiger charge is 2.36. The van der Waals surface area contributed by atoms with Gasteiger partial charge in [0.25, 0.3) is 5.91 Å². The number of aryl methyl sites for hydroxylation is 2. The highest BCUT2D eigenvalue weighted by Crippen LogP contribution is 2.21. The molecule has 1 unspecified atom stereocenters. The van der Waals surface area contributed by atoms with E-state index in [2.05, 4.69) is 5.10 Å². The molecular formula is C13H20N4O4. The molecule has 1 fully saturated rings. The molecule has 0 bridgehead atoms. The van der Waals surface area contributed by atoms with E-state index in [0.29, 0.717) is 36.6 Å². The quantitative estimate of drug-likeness (QED) is 0.760. The molecule has 8 heteroatoms. The van der Waals surface area contributed by atoms with E-state index in [1.165, 1.54) is 16.7 Å². The molecule has 0 radical (unpaired) electrons. The van der Waals surface area contributed by atoms with E-state index in [1.807, 2.05) is 6.92 Å². The van der Waals surface area contributed by atoms with Gasteiger partial charge < -0.3 is 20.1 Å². The summed E-state index contributed by atoms with van der Waals surface area (Å²) in [5, 5.41) is 4.23. The van der Waals surface area contributed by atoms with Crippen LogP contribution in [0.5, 0.6) is 0 Å². The van der Waals surface area contributed by atoms with Crippen molar-refractivity contribution < 1.29 is 19.1 Å². The van der Waals surface area contributed by atoms with Crippen LogP contribution in [0.4, 0.5) is 5.69 Å². The number of amides is 1. The first-order valence-corrected chi connectivity index (χ1v) is 6.79. The van der Waals surface area contributed by atoms with Crippen LogP contribution in [0.15, 0.2) is 0 Å². The van der Waals surface area contributed by atoms with Gasteiger partial charge in [-0.3, -0.25) is 9.48 Å². The summed E-state index contributed by atoms with van der Waals surface area (Å²) in [4.78, 5) is 26.0. The number of morpholine rings is 1. The van der Waals surface area contributed by atoms with E-state index >= 15 is 0 Å². The summed E-state index contributed by atoms with van der Waals surface area (Å²) in [5.74, 6) is -0.833. The Hall–Kier alpha value is -2.09. The number of ether oxygens (including phenoxy) is 2. The molecule has 2 N–H and O–H groups in total. The molecule has 1 aromatic heterocycles.